The number of thiazole rings is 1. The molecule has 0 bridgehead atoms. The molecule has 6 nitrogen and oxygen atoms in total. The van der Waals surface area contributed by atoms with E-state index in [1.54, 1.807) is 28.5 Å². The van der Waals surface area contributed by atoms with E-state index < -0.39 is 0 Å². The quantitative estimate of drug-likeness (QED) is 0.311. The lowest BCUT2D eigenvalue weighted by Crippen LogP contribution is -2.40. The highest BCUT2D eigenvalue weighted by atomic mass is 32.1. The molecule has 0 spiro atoms. The molecule has 1 aliphatic heterocycles. The second-order valence-electron chi connectivity index (χ2n) is 8.98. The average Bonchev–Trinajstić information content (AvgIpc) is 3.44. The van der Waals surface area contributed by atoms with Crippen molar-refractivity contribution < 1.29 is 23.1 Å². The number of aromatic nitrogens is 1. The van der Waals surface area contributed by atoms with Gasteiger partial charge in [-0.25, -0.2) is 13.8 Å². The number of ether oxygens (including phenoxy) is 1. The maximum Gasteiger partial charge on any atom is 0.275 e. The van der Waals surface area contributed by atoms with Gasteiger partial charge in [-0.3, -0.25) is 9.59 Å². The van der Waals surface area contributed by atoms with Crippen molar-refractivity contribution in [2.45, 2.75) is 18.8 Å². The number of rotatable bonds is 7. The molecule has 1 N–H and O–H groups in total. The van der Waals surface area contributed by atoms with E-state index in [-0.39, 0.29) is 36.0 Å². The molecule has 0 radical (unpaired) electrons. The molecule has 194 valence electrons. The number of hydrogen-bond donors (Lipinski definition) is 1. The lowest BCUT2D eigenvalue weighted by Gasteiger charge is -2.31. The van der Waals surface area contributed by atoms with Crippen LogP contribution in [0.4, 0.5) is 14.5 Å². The Morgan fingerprint density at radius 3 is 2.32 bits per heavy atom. The molecular weight excluding hydrogens is 508 g/mol. The predicted octanol–water partition coefficient (Wildman–Crippen LogP) is 6.13. The van der Waals surface area contributed by atoms with Crippen LogP contribution in [-0.4, -0.2) is 41.4 Å². The third-order valence-electron chi connectivity index (χ3n) is 6.46. The van der Waals surface area contributed by atoms with E-state index in [1.807, 2.05) is 18.2 Å². The SMILES string of the molecule is O=C(Nc1ccccc1-c1ccc(F)cc1)c1csc(C2CCN(C(=O)COc3ccc(F)cc3)CC2)n1. The molecule has 3 aromatic carbocycles. The van der Waals surface area contributed by atoms with Gasteiger partial charge in [-0.15, -0.1) is 11.3 Å². The Kier molecular flexibility index (Phi) is 7.74. The van der Waals surface area contributed by atoms with Crippen LogP contribution in [0.2, 0.25) is 0 Å². The highest BCUT2D eigenvalue weighted by Crippen LogP contribution is 2.32. The largest absolute Gasteiger partial charge is 0.484 e. The lowest BCUT2D eigenvalue weighted by atomic mass is 9.97. The van der Waals surface area contributed by atoms with Gasteiger partial charge in [-0.2, -0.15) is 0 Å². The molecule has 2 heterocycles. The second kappa shape index (κ2) is 11.5. The van der Waals surface area contributed by atoms with Gasteiger partial charge in [0, 0.05) is 35.6 Å². The fraction of sp³-hybridized carbons (Fsp3) is 0.207. The zero-order valence-electron chi connectivity index (χ0n) is 20.4. The number of benzene rings is 3. The molecule has 1 aromatic heterocycles. The molecule has 0 aliphatic carbocycles. The maximum absolute atomic E-state index is 13.3. The van der Waals surface area contributed by atoms with Gasteiger partial charge in [-0.05, 0) is 60.9 Å². The number of halogens is 2. The summed E-state index contributed by atoms with van der Waals surface area (Å²) in [6.45, 7) is 1.04. The number of piperidine rings is 1. The van der Waals surface area contributed by atoms with E-state index in [1.165, 1.54) is 47.7 Å². The summed E-state index contributed by atoms with van der Waals surface area (Å²) in [5.41, 5.74) is 2.54. The minimum atomic E-state index is -0.358. The van der Waals surface area contributed by atoms with Crippen LogP contribution >= 0.6 is 11.3 Å². The molecule has 0 atom stereocenters. The van der Waals surface area contributed by atoms with Crippen molar-refractivity contribution in [3.05, 3.63) is 101 Å². The summed E-state index contributed by atoms with van der Waals surface area (Å²) >= 11 is 1.44. The molecule has 0 saturated carbocycles. The summed E-state index contributed by atoms with van der Waals surface area (Å²) < 4.78 is 31.8. The summed E-state index contributed by atoms with van der Waals surface area (Å²) in [7, 11) is 0. The molecule has 4 aromatic rings. The van der Waals surface area contributed by atoms with Crippen molar-refractivity contribution in [1.82, 2.24) is 9.88 Å². The van der Waals surface area contributed by atoms with Gasteiger partial charge in [0.25, 0.3) is 11.8 Å². The number of carbonyl (C=O) groups is 2. The molecule has 2 amide bonds. The molecule has 9 heteroatoms. The van der Waals surface area contributed by atoms with Crippen LogP contribution < -0.4 is 10.1 Å². The van der Waals surface area contributed by atoms with Crippen LogP contribution in [0.15, 0.2) is 78.2 Å². The standard InChI is InChI=1S/C29H25F2N3O3S/c30-21-7-5-19(6-8-21)24-3-1-2-4-25(24)32-28(36)26-18-38-29(33-26)20-13-15-34(16-14-20)27(35)17-37-23-11-9-22(31)10-12-23/h1-12,18,20H,13-17H2,(H,32,36). The molecule has 38 heavy (non-hydrogen) atoms. The first-order valence-electron chi connectivity index (χ1n) is 12.2. The van der Waals surface area contributed by atoms with Gasteiger partial charge in [0.1, 0.15) is 23.1 Å². The number of anilines is 1. The summed E-state index contributed by atoms with van der Waals surface area (Å²) in [6, 6.07) is 19.0. The number of carbonyl (C=O) groups excluding carboxylic acids is 2. The van der Waals surface area contributed by atoms with Gasteiger partial charge in [0.15, 0.2) is 6.61 Å². The number of para-hydroxylation sites is 1. The van der Waals surface area contributed by atoms with Crippen molar-refractivity contribution in [1.29, 1.82) is 0 Å². The number of nitrogens with one attached hydrogen (secondary N) is 1. The topological polar surface area (TPSA) is 71.5 Å². The number of nitrogens with zero attached hydrogens (tertiary/aromatic N) is 2. The van der Waals surface area contributed by atoms with E-state index in [2.05, 4.69) is 10.3 Å². The van der Waals surface area contributed by atoms with Crippen LogP contribution in [0.5, 0.6) is 5.75 Å². The zero-order chi connectivity index (χ0) is 26.5. The third kappa shape index (κ3) is 6.06. The number of likely N-dealkylation sites (tertiary alicyclic amines) is 1. The van der Waals surface area contributed by atoms with Gasteiger partial charge in [0.05, 0.1) is 5.01 Å². The summed E-state index contributed by atoms with van der Waals surface area (Å²) in [5.74, 6) is -0.500. The van der Waals surface area contributed by atoms with E-state index in [4.69, 9.17) is 4.74 Å². The van der Waals surface area contributed by atoms with E-state index in [9.17, 15) is 18.4 Å². The van der Waals surface area contributed by atoms with Gasteiger partial charge in [-0.1, -0.05) is 30.3 Å². The van der Waals surface area contributed by atoms with E-state index >= 15 is 0 Å². The Labute approximate surface area is 222 Å². The van der Waals surface area contributed by atoms with Gasteiger partial charge in [0.2, 0.25) is 0 Å². The highest BCUT2D eigenvalue weighted by molar-refractivity contribution is 7.10. The van der Waals surface area contributed by atoms with Crippen molar-refractivity contribution in [3.8, 4) is 16.9 Å². The Hall–Kier alpha value is -4.11. The summed E-state index contributed by atoms with van der Waals surface area (Å²) in [4.78, 5) is 31.9. The minimum absolute atomic E-state index is 0.0999. The molecule has 5 rings (SSSR count). The second-order valence-corrected chi connectivity index (χ2v) is 9.86. The molecule has 1 aliphatic rings. The lowest BCUT2D eigenvalue weighted by molar-refractivity contribution is -0.134. The molecule has 1 fully saturated rings. The number of amides is 2. The van der Waals surface area contributed by atoms with Crippen molar-refractivity contribution in [3.63, 3.8) is 0 Å². The Morgan fingerprint density at radius 1 is 0.947 bits per heavy atom. The first-order chi connectivity index (χ1) is 18.5. The Morgan fingerprint density at radius 2 is 1.61 bits per heavy atom. The molecule has 0 unspecified atom stereocenters. The van der Waals surface area contributed by atoms with E-state index in [0.29, 0.717) is 30.2 Å². The van der Waals surface area contributed by atoms with Crippen molar-refractivity contribution in [2.75, 3.05) is 25.0 Å². The smallest absolute Gasteiger partial charge is 0.275 e. The van der Waals surface area contributed by atoms with Crippen molar-refractivity contribution in [2.24, 2.45) is 0 Å². The third-order valence-corrected chi connectivity index (χ3v) is 7.47. The Bertz CT molecular complexity index is 1420. The Balaban J connectivity index is 1.16. The van der Waals surface area contributed by atoms with Crippen LogP contribution in [0.3, 0.4) is 0 Å². The zero-order valence-corrected chi connectivity index (χ0v) is 21.2. The summed E-state index contributed by atoms with van der Waals surface area (Å²) in [6.07, 6.45) is 1.48. The summed E-state index contributed by atoms with van der Waals surface area (Å²) in [5, 5.41) is 5.55. The van der Waals surface area contributed by atoms with Crippen LogP contribution in [0.1, 0.15) is 34.3 Å². The first-order valence-corrected chi connectivity index (χ1v) is 13.1. The van der Waals surface area contributed by atoms with Crippen molar-refractivity contribution >= 4 is 28.8 Å². The predicted molar refractivity (Wildman–Crippen MR) is 142 cm³/mol. The van der Waals surface area contributed by atoms with Crippen LogP contribution in [0, 0.1) is 11.6 Å². The first kappa shape index (κ1) is 25.5. The van der Waals surface area contributed by atoms with Crippen LogP contribution in [0.25, 0.3) is 11.1 Å². The molecule has 1 saturated heterocycles. The number of hydrogen-bond acceptors (Lipinski definition) is 5. The van der Waals surface area contributed by atoms with Gasteiger partial charge < -0.3 is 15.0 Å². The highest BCUT2D eigenvalue weighted by Gasteiger charge is 2.26. The van der Waals surface area contributed by atoms with Crippen LogP contribution in [-0.2, 0) is 4.79 Å². The minimum Gasteiger partial charge on any atom is -0.484 e. The maximum atomic E-state index is 13.3. The fourth-order valence-electron chi connectivity index (χ4n) is 4.38. The normalized spacial score (nSPS) is 13.8. The van der Waals surface area contributed by atoms with E-state index in [0.717, 1.165) is 29.0 Å². The van der Waals surface area contributed by atoms with Gasteiger partial charge >= 0.3 is 0 Å². The molecular formula is C29H25F2N3O3S. The average molecular weight is 534 g/mol. The fourth-order valence-corrected chi connectivity index (χ4v) is 5.35. The monoisotopic (exact) mass is 533 g/mol.